The van der Waals surface area contributed by atoms with Crippen LogP contribution in [0.1, 0.15) is 18.3 Å². The Morgan fingerprint density at radius 2 is 2.21 bits per heavy atom. The van der Waals surface area contributed by atoms with Crippen molar-refractivity contribution in [3.05, 3.63) is 40.7 Å². The van der Waals surface area contributed by atoms with Crippen molar-refractivity contribution in [2.45, 2.75) is 26.4 Å². The van der Waals surface area contributed by atoms with Gasteiger partial charge in [0, 0.05) is 31.4 Å². The number of nitrogens with zero attached hydrogens (tertiary/aromatic N) is 3. The van der Waals surface area contributed by atoms with Crippen LogP contribution in [0, 0.1) is 6.92 Å². The topological polar surface area (TPSA) is 61.5 Å². The van der Waals surface area contributed by atoms with Crippen molar-refractivity contribution in [2.75, 3.05) is 25.1 Å². The van der Waals surface area contributed by atoms with Gasteiger partial charge >= 0.3 is 0 Å². The molecule has 1 aliphatic heterocycles. The van der Waals surface area contributed by atoms with E-state index in [4.69, 9.17) is 16.3 Å². The number of benzene rings is 1. The smallest absolute Gasteiger partial charge is 0.244 e. The lowest BCUT2D eigenvalue weighted by Crippen LogP contribution is -2.55. The number of H-pyrrole nitrogens is 1. The molecule has 0 saturated carbocycles. The summed E-state index contributed by atoms with van der Waals surface area (Å²) >= 11 is 6.24. The number of hydrogen-bond donors (Lipinski definition) is 1. The third-order valence-corrected chi connectivity index (χ3v) is 4.94. The predicted molar refractivity (Wildman–Crippen MR) is 93.6 cm³/mol. The Labute approximate surface area is 146 Å². The molecule has 1 aromatic carbocycles. The zero-order chi connectivity index (χ0) is 17.3. The van der Waals surface area contributed by atoms with Gasteiger partial charge in [-0.25, -0.2) is 0 Å². The van der Waals surface area contributed by atoms with Crippen molar-refractivity contribution in [1.82, 2.24) is 15.1 Å². The number of aromatic amines is 1. The summed E-state index contributed by atoms with van der Waals surface area (Å²) in [6.07, 6.45) is 0. The van der Waals surface area contributed by atoms with Gasteiger partial charge in [-0.3, -0.25) is 14.8 Å². The van der Waals surface area contributed by atoms with E-state index in [0.717, 1.165) is 29.4 Å². The molecule has 0 spiro atoms. The minimum Gasteiger partial charge on any atom is -0.497 e. The fourth-order valence-corrected chi connectivity index (χ4v) is 3.07. The van der Waals surface area contributed by atoms with Crippen LogP contribution in [0.15, 0.2) is 24.3 Å². The van der Waals surface area contributed by atoms with Crippen molar-refractivity contribution >= 4 is 23.2 Å². The molecule has 128 valence electrons. The minimum atomic E-state index is -0.238. The second kappa shape index (κ2) is 6.83. The molecular formula is C17H21ClN4O2. The highest BCUT2D eigenvalue weighted by Crippen LogP contribution is 2.26. The van der Waals surface area contributed by atoms with Crippen LogP contribution < -0.4 is 9.64 Å². The van der Waals surface area contributed by atoms with E-state index < -0.39 is 0 Å². The molecule has 1 saturated heterocycles. The van der Waals surface area contributed by atoms with E-state index in [0.29, 0.717) is 18.1 Å². The first-order valence-electron chi connectivity index (χ1n) is 7.90. The molecule has 24 heavy (non-hydrogen) atoms. The molecular weight excluding hydrogens is 328 g/mol. The van der Waals surface area contributed by atoms with Crippen LogP contribution in [-0.4, -0.2) is 47.2 Å². The first-order valence-corrected chi connectivity index (χ1v) is 8.28. The Kier molecular flexibility index (Phi) is 4.78. The summed E-state index contributed by atoms with van der Waals surface area (Å²) in [7, 11) is 1.62. The van der Waals surface area contributed by atoms with E-state index in [1.54, 1.807) is 12.0 Å². The maximum atomic E-state index is 12.8. The number of carbonyl (C=O) groups is 1. The second-order valence-electron chi connectivity index (χ2n) is 5.95. The van der Waals surface area contributed by atoms with E-state index in [1.165, 1.54) is 0 Å². The van der Waals surface area contributed by atoms with Crippen LogP contribution in [0.3, 0.4) is 0 Å². The van der Waals surface area contributed by atoms with Crippen LogP contribution in [-0.2, 0) is 11.3 Å². The van der Waals surface area contributed by atoms with Gasteiger partial charge in [-0.2, -0.15) is 5.10 Å². The summed E-state index contributed by atoms with van der Waals surface area (Å²) < 4.78 is 5.25. The molecule has 1 aromatic heterocycles. The molecule has 6 nitrogen and oxygen atoms in total. The van der Waals surface area contributed by atoms with E-state index in [2.05, 4.69) is 15.1 Å². The average molecular weight is 349 g/mol. The van der Waals surface area contributed by atoms with Gasteiger partial charge in [0.25, 0.3) is 0 Å². The maximum absolute atomic E-state index is 12.8. The first kappa shape index (κ1) is 16.8. The molecule has 1 aliphatic rings. The van der Waals surface area contributed by atoms with Gasteiger partial charge in [0.2, 0.25) is 5.91 Å². The monoisotopic (exact) mass is 348 g/mol. The normalized spacial score (nSPS) is 18.9. The third-order valence-electron chi connectivity index (χ3n) is 4.44. The Hall–Kier alpha value is -2.05. The van der Waals surface area contributed by atoms with E-state index >= 15 is 0 Å². The number of methoxy groups -OCH3 is 1. The fraction of sp³-hybridized carbons (Fsp3) is 0.412. The molecule has 1 fully saturated rings. The number of aryl methyl sites for hydroxylation is 1. The molecule has 3 rings (SSSR count). The number of hydrogen-bond acceptors (Lipinski definition) is 4. The number of nitrogens with one attached hydrogen (secondary N) is 1. The highest BCUT2D eigenvalue weighted by molar-refractivity contribution is 6.31. The number of piperazine rings is 1. The summed E-state index contributed by atoms with van der Waals surface area (Å²) in [5.74, 6) is 0.812. The van der Waals surface area contributed by atoms with Gasteiger partial charge in [0.1, 0.15) is 5.75 Å². The van der Waals surface area contributed by atoms with Crippen LogP contribution in [0.4, 0.5) is 5.69 Å². The standard InChI is InChI=1S/C17H21ClN4O2/c1-11-16(18)15(20-19-11)10-21-7-8-22(17(23)12(21)2)13-5-4-6-14(9-13)24-3/h4-6,9,12H,7-8,10H2,1-3H3,(H,19,20)/t12-/m0/s1. The zero-order valence-electron chi connectivity index (χ0n) is 14.0. The van der Waals surface area contributed by atoms with E-state index in [9.17, 15) is 4.79 Å². The van der Waals surface area contributed by atoms with Gasteiger partial charge in [-0.1, -0.05) is 17.7 Å². The van der Waals surface area contributed by atoms with Gasteiger partial charge in [-0.05, 0) is 26.0 Å². The van der Waals surface area contributed by atoms with Crippen LogP contribution in [0.2, 0.25) is 5.02 Å². The molecule has 1 N–H and O–H groups in total. The zero-order valence-corrected chi connectivity index (χ0v) is 14.8. The maximum Gasteiger partial charge on any atom is 0.244 e. The number of rotatable bonds is 4. The number of aromatic nitrogens is 2. The van der Waals surface area contributed by atoms with E-state index in [-0.39, 0.29) is 11.9 Å². The number of anilines is 1. The summed E-state index contributed by atoms with van der Waals surface area (Å²) in [4.78, 5) is 16.7. The molecule has 0 unspecified atom stereocenters. The largest absolute Gasteiger partial charge is 0.497 e. The Balaban J connectivity index is 1.74. The first-order chi connectivity index (χ1) is 11.5. The van der Waals surface area contributed by atoms with Gasteiger partial charge in [-0.15, -0.1) is 0 Å². The van der Waals surface area contributed by atoms with Gasteiger partial charge < -0.3 is 9.64 Å². The SMILES string of the molecule is COc1cccc(N2CCN(Cc3n[nH]c(C)c3Cl)[C@@H](C)C2=O)c1. The van der Waals surface area contributed by atoms with Crippen LogP contribution >= 0.6 is 11.6 Å². The highest BCUT2D eigenvalue weighted by Gasteiger charge is 2.33. The molecule has 1 amide bonds. The fourth-order valence-electron chi connectivity index (χ4n) is 2.93. The number of amides is 1. The number of ether oxygens (including phenoxy) is 1. The average Bonchev–Trinajstić information content (AvgIpc) is 2.91. The van der Waals surface area contributed by atoms with E-state index in [1.807, 2.05) is 38.1 Å². The van der Waals surface area contributed by atoms with Crippen LogP contribution in [0.25, 0.3) is 0 Å². The molecule has 0 aliphatic carbocycles. The van der Waals surface area contributed by atoms with Crippen molar-refractivity contribution in [1.29, 1.82) is 0 Å². The van der Waals surface area contributed by atoms with Crippen molar-refractivity contribution in [3.8, 4) is 5.75 Å². The second-order valence-corrected chi connectivity index (χ2v) is 6.33. The summed E-state index contributed by atoms with van der Waals surface area (Å²) in [5, 5.41) is 7.75. The van der Waals surface area contributed by atoms with Crippen molar-refractivity contribution in [2.24, 2.45) is 0 Å². The molecule has 0 radical (unpaired) electrons. The number of halogens is 1. The summed E-state index contributed by atoms with van der Waals surface area (Å²) in [6, 6.07) is 7.34. The van der Waals surface area contributed by atoms with Crippen LogP contribution in [0.5, 0.6) is 5.75 Å². The molecule has 2 aromatic rings. The van der Waals surface area contributed by atoms with Gasteiger partial charge in [0.15, 0.2) is 0 Å². The lowest BCUT2D eigenvalue weighted by Gasteiger charge is -2.38. The lowest BCUT2D eigenvalue weighted by molar-refractivity contribution is -0.125. The Morgan fingerprint density at radius 3 is 2.88 bits per heavy atom. The number of carbonyl (C=O) groups excluding carboxylic acids is 1. The summed E-state index contributed by atoms with van der Waals surface area (Å²) in [5.41, 5.74) is 2.49. The molecule has 2 heterocycles. The minimum absolute atomic E-state index is 0.0675. The quantitative estimate of drug-likeness (QED) is 0.922. The van der Waals surface area contributed by atoms with Gasteiger partial charge in [0.05, 0.1) is 29.6 Å². The predicted octanol–water partition coefficient (Wildman–Crippen LogP) is 2.62. The third kappa shape index (κ3) is 3.12. The summed E-state index contributed by atoms with van der Waals surface area (Å²) in [6.45, 7) is 5.74. The molecule has 7 heteroatoms. The Morgan fingerprint density at radius 1 is 1.42 bits per heavy atom. The lowest BCUT2D eigenvalue weighted by atomic mass is 10.1. The van der Waals surface area contributed by atoms with Crippen molar-refractivity contribution in [3.63, 3.8) is 0 Å². The molecule has 1 atom stereocenters. The Bertz CT molecular complexity index is 746. The highest BCUT2D eigenvalue weighted by atomic mass is 35.5. The van der Waals surface area contributed by atoms with Crippen molar-refractivity contribution < 1.29 is 9.53 Å². The molecule has 0 bridgehead atoms.